The molecule has 28 heavy (non-hydrogen) atoms. The van der Waals surface area contributed by atoms with Crippen molar-refractivity contribution in [1.29, 1.82) is 0 Å². The van der Waals surface area contributed by atoms with Crippen LogP contribution >= 0.6 is 0 Å². The number of para-hydroxylation sites is 3. The van der Waals surface area contributed by atoms with Gasteiger partial charge in [-0.05, 0) is 37.1 Å². The molecular formula is C19H20F3N3O3. The van der Waals surface area contributed by atoms with Crippen LogP contribution in [0.3, 0.4) is 0 Å². The number of urea groups is 1. The van der Waals surface area contributed by atoms with Crippen LogP contribution in [0.4, 0.5) is 29.3 Å². The van der Waals surface area contributed by atoms with Gasteiger partial charge in [-0.15, -0.1) is 13.2 Å². The van der Waals surface area contributed by atoms with E-state index in [0.29, 0.717) is 5.69 Å². The summed E-state index contributed by atoms with van der Waals surface area (Å²) in [6, 6.07) is 9.94. The number of alkyl halides is 3. The van der Waals surface area contributed by atoms with Crippen molar-refractivity contribution >= 4 is 23.3 Å². The summed E-state index contributed by atoms with van der Waals surface area (Å²) in [5.74, 6) is -0.980. The highest BCUT2D eigenvalue weighted by Gasteiger charge is 2.32. The number of nitrogens with one attached hydrogen (secondary N) is 2. The molecule has 9 heteroatoms. The smallest absolute Gasteiger partial charge is 0.404 e. The minimum atomic E-state index is -4.89. The van der Waals surface area contributed by atoms with Gasteiger partial charge in [-0.2, -0.15) is 0 Å². The Morgan fingerprint density at radius 2 is 1.61 bits per heavy atom. The SMILES string of the molecule is Cc1cccc(C)c1NC(=O)CN(C)C(=O)Nc1ccccc1OC(F)(F)F. The first-order valence-electron chi connectivity index (χ1n) is 8.30. The molecular weight excluding hydrogens is 375 g/mol. The molecule has 0 aliphatic carbocycles. The van der Waals surface area contributed by atoms with Crippen molar-refractivity contribution in [2.45, 2.75) is 20.2 Å². The van der Waals surface area contributed by atoms with Gasteiger partial charge in [0.15, 0.2) is 5.75 Å². The monoisotopic (exact) mass is 395 g/mol. The van der Waals surface area contributed by atoms with Gasteiger partial charge in [-0.3, -0.25) is 4.79 Å². The predicted octanol–water partition coefficient (Wildman–Crippen LogP) is 4.30. The van der Waals surface area contributed by atoms with Crippen LogP contribution in [-0.2, 0) is 4.79 Å². The molecule has 0 atom stereocenters. The molecule has 0 spiro atoms. The van der Waals surface area contributed by atoms with Crippen molar-refractivity contribution in [3.05, 3.63) is 53.6 Å². The first-order valence-corrected chi connectivity index (χ1v) is 8.30. The number of carbonyl (C=O) groups excluding carboxylic acids is 2. The predicted molar refractivity (Wildman–Crippen MR) is 99.3 cm³/mol. The highest BCUT2D eigenvalue weighted by atomic mass is 19.4. The zero-order chi connectivity index (χ0) is 20.9. The van der Waals surface area contributed by atoms with E-state index < -0.39 is 24.1 Å². The summed E-state index contributed by atoms with van der Waals surface area (Å²) < 4.78 is 41.3. The summed E-state index contributed by atoms with van der Waals surface area (Å²) in [6.45, 7) is 3.40. The molecule has 0 heterocycles. The Morgan fingerprint density at radius 1 is 1.00 bits per heavy atom. The fraction of sp³-hybridized carbons (Fsp3) is 0.263. The van der Waals surface area contributed by atoms with Crippen molar-refractivity contribution in [2.24, 2.45) is 0 Å². The second kappa shape index (κ2) is 8.64. The van der Waals surface area contributed by atoms with Crippen LogP contribution in [0.1, 0.15) is 11.1 Å². The Morgan fingerprint density at radius 3 is 2.21 bits per heavy atom. The number of carbonyl (C=O) groups is 2. The second-order valence-electron chi connectivity index (χ2n) is 6.15. The molecule has 150 valence electrons. The summed E-state index contributed by atoms with van der Waals surface area (Å²) in [6.07, 6.45) is -4.89. The zero-order valence-electron chi connectivity index (χ0n) is 15.6. The van der Waals surface area contributed by atoms with Crippen LogP contribution < -0.4 is 15.4 Å². The number of amides is 3. The molecule has 0 bridgehead atoms. The molecule has 2 rings (SSSR count). The Labute approximate surface area is 160 Å². The van der Waals surface area contributed by atoms with Gasteiger partial charge in [0.25, 0.3) is 0 Å². The van der Waals surface area contributed by atoms with Crippen LogP contribution in [0, 0.1) is 13.8 Å². The maximum atomic E-state index is 12.5. The highest BCUT2D eigenvalue weighted by Crippen LogP contribution is 2.30. The number of rotatable bonds is 5. The summed E-state index contributed by atoms with van der Waals surface area (Å²) >= 11 is 0. The molecule has 0 radical (unpaired) electrons. The van der Waals surface area contributed by atoms with Crippen LogP contribution in [0.2, 0.25) is 0 Å². The summed E-state index contributed by atoms with van der Waals surface area (Å²) in [5.41, 5.74) is 2.24. The van der Waals surface area contributed by atoms with Crippen molar-refractivity contribution in [3.8, 4) is 5.75 Å². The highest BCUT2D eigenvalue weighted by molar-refractivity contribution is 5.98. The number of ether oxygens (including phenoxy) is 1. The molecule has 0 aliphatic heterocycles. The normalized spacial score (nSPS) is 10.9. The maximum Gasteiger partial charge on any atom is 0.573 e. The lowest BCUT2D eigenvalue weighted by molar-refractivity contribution is -0.274. The number of anilines is 2. The molecule has 0 saturated heterocycles. The summed E-state index contributed by atoms with van der Waals surface area (Å²) in [7, 11) is 1.35. The van der Waals surface area contributed by atoms with Crippen molar-refractivity contribution in [1.82, 2.24) is 4.90 Å². The average molecular weight is 395 g/mol. The fourth-order valence-electron chi connectivity index (χ4n) is 2.47. The Balaban J connectivity index is 2.01. The first kappa shape index (κ1) is 21.1. The molecule has 6 nitrogen and oxygen atoms in total. The molecule has 3 amide bonds. The standard InChI is InChI=1S/C19H20F3N3O3/c1-12-7-6-8-13(2)17(12)24-16(26)11-25(3)18(27)23-14-9-4-5-10-15(14)28-19(20,21)22/h4-10H,11H2,1-3H3,(H,23,27)(H,24,26). The van der Waals surface area contributed by atoms with Gasteiger partial charge in [0, 0.05) is 12.7 Å². The van der Waals surface area contributed by atoms with Gasteiger partial charge in [-0.1, -0.05) is 30.3 Å². The lowest BCUT2D eigenvalue weighted by Gasteiger charge is -2.20. The third-order valence-electron chi connectivity index (χ3n) is 3.83. The van der Waals surface area contributed by atoms with Gasteiger partial charge in [0.05, 0.1) is 5.69 Å². The van der Waals surface area contributed by atoms with Crippen molar-refractivity contribution in [2.75, 3.05) is 24.2 Å². The first-order chi connectivity index (χ1) is 13.1. The summed E-state index contributed by atoms with van der Waals surface area (Å²) in [5, 5.41) is 5.04. The van der Waals surface area contributed by atoms with Gasteiger partial charge < -0.3 is 20.3 Å². The zero-order valence-corrected chi connectivity index (χ0v) is 15.6. The molecule has 0 aliphatic rings. The number of benzene rings is 2. The van der Waals surface area contributed by atoms with Gasteiger partial charge in [0.2, 0.25) is 5.91 Å². The lowest BCUT2D eigenvalue weighted by Crippen LogP contribution is -2.38. The number of hydrogen-bond donors (Lipinski definition) is 2. The Kier molecular flexibility index (Phi) is 6.50. The van der Waals surface area contributed by atoms with E-state index in [9.17, 15) is 22.8 Å². The van der Waals surface area contributed by atoms with Crippen LogP contribution in [0.5, 0.6) is 5.75 Å². The third-order valence-corrected chi connectivity index (χ3v) is 3.83. The molecule has 0 aromatic heterocycles. The second-order valence-corrected chi connectivity index (χ2v) is 6.15. The van der Waals surface area contributed by atoms with E-state index in [-0.39, 0.29) is 12.2 Å². The van der Waals surface area contributed by atoms with E-state index in [2.05, 4.69) is 15.4 Å². The minimum absolute atomic E-state index is 0.160. The topological polar surface area (TPSA) is 70.7 Å². The van der Waals surface area contributed by atoms with Crippen molar-refractivity contribution in [3.63, 3.8) is 0 Å². The third kappa shape index (κ3) is 5.90. The lowest BCUT2D eigenvalue weighted by atomic mass is 10.1. The number of nitrogens with zero attached hydrogens (tertiary/aromatic N) is 1. The van der Waals surface area contributed by atoms with E-state index in [1.807, 2.05) is 32.0 Å². The maximum absolute atomic E-state index is 12.5. The quantitative estimate of drug-likeness (QED) is 0.793. The van der Waals surface area contributed by atoms with Crippen LogP contribution in [0.25, 0.3) is 0 Å². The van der Waals surface area contributed by atoms with E-state index in [1.165, 1.54) is 25.2 Å². The molecule has 2 aromatic carbocycles. The van der Waals surface area contributed by atoms with E-state index in [0.717, 1.165) is 22.1 Å². The van der Waals surface area contributed by atoms with E-state index >= 15 is 0 Å². The van der Waals surface area contributed by atoms with E-state index in [4.69, 9.17) is 0 Å². The fourth-order valence-corrected chi connectivity index (χ4v) is 2.47. The Bertz CT molecular complexity index is 849. The average Bonchev–Trinajstić information content (AvgIpc) is 2.58. The molecule has 2 N–H and O–H groups in total. The molecule has 0 fully saturated rings. The number of aryl methyl sites for hydroxylation is 2. The van der Waals surface area contributed by atoms with Crippen LogP contribution in [0.15, 0.2) is 42.5 Å². The van der Waals surface area contributed by atoms with E-state index in [1.54, 1.807) is 0 Å². The Hall–Kier alpha value is -3.23. The van der Waals surface area contributed by atoms with Crippen LogP contribution in [-0.4, -0.2) is 36.8 Å². The largest absolute Gasteiger partial charge is 0.573 e. The summed E-state index contributed by atoms with van der Waals surface area (Å²) in [4.78, 5) is 25.5. The van der Waals surface area contributed by atoms with Gasteiger partial charge in [0.1, 0.15) is 6.54 Å². The van der Waals surface area contributed by atoms with Gasteiger partial charge in [-0.25, -0.2) is 4.79 Å². The van der Waals surface area contributed by atoms with Gasteiger partial charge >= 0.3 is 12.4 Å². The van der Waals surface area contributed by atoms with Crippen molar-refractivity contribution < 1.29 is 27.5 Å². The molecule has 2 aromatic rings. The molecule has 0 unspecified atom stereocenters. The number of halogens is 3. The number of likely N-dealkylation sites (N-methyl/N-ethyl adjacent to an activating group) is 1. The molecule has 0 saturated carbocycles. The number of hydrogen-bond acceptors (Lipinski definition) is 3. The minimum Gasteiger partial charge on any atom is -0.404 e.